The van der Waals surface area contributed by atoms with Crippen molar-refractivity contribution in [2.45, 2.75) is 39.5 Å². The molecule has 0 aromatic heterocycles. The van der Waals surface area contributed by atoms with E-state index in [4.69, 9.17) is 4.74 Å². The van der Waals surface area contributed by atoms with Crippen LogP contribution >= 0.6 is 15.9 Å². The number of ether oxygens (including phenoxy) is 1. The van der Waals surface area contributed by atoms with E-state index >= 15 is 0 Å². The zero-order valence-corrected chi connectivity index (χ0v) is 18.6. The van der Waals surface area contributed by atoms with Gasteiger partial charge < -0.3 is 9.64 Å². The number of nitrogens with zero attached hydrogens (tertiary/aromatic N) is 1. The maximum absolute atomic E-state index is 13.2. The van der Waals surface area contributed by atoms with Crippen LogP contribution in [0.2, 0.25) is 0 Å². The van der Waals surface area contributed by atoms with Gasteiger partial charge in [0.05, 0.1) is 0 Å². The molecule has 0 aliphatic carbocycles. The van der Waals surface area contributed by atoms with Crippen LogP contribution in [0.3, 0.4) is 0 Å². The Bertz CT molecular complexity index is 964. The molecule has 3 rings (SSSR count). The molecule has 1 amide bonds. The average Bonchev–Trinajstić information content (AvgIpc) is 2.70. The molecule has 0 atom stereocenters. The third-order valence-corrected chi connectivity index (χ3v) is 5.11. The number of halogens is 1. The molecule has 3 aromatic rings. The van der Waals surface area contributed by atoms with E-state index in [2.05, 4.69) is 36.7 Å². The quantitative estimate of drug-likeness (QED) is 0.429. The lowest BCUT2D eigenvalue weighted by Gasteiger charge is -2.36. The van der Waals surface area contributed by atoms with Gasteiger partial charge in [0.15, 0.2) is 0 Å². The Kier molecular flexibility index (Phi) is 6.75. The summed E-state index contributed by atoms with van der Waals surface area (Å²) in [4.78, 5) is 15.1. The van der Waals surface area contributed by atoms with Crippen molar-refractivity contribution >= 4 is 21.8 Å². The Morgan fingerprint density at radius 1 is 0.897 bits per heavy atom. The second-order valence-electron chi connectivity index (χ2n) is 7.99. The van der Waals surface area contributed by atoms with E-state index < -0.39 is 0 Å². The summed E-state index contributed by atoms with van der Waals surface area (Å²) in [5.74, 6) is 0.810. The predicted molar refractivity (Wildman–Crippen MR) is 121 cm³/mol. The molecule has 0 aliphatic rings. The fourth-order valence-corrected chi connectivity index (χ4v) is 3.45. The van der Waals surface area contributed by atoms with Crippen LogP contribution in [0.1, 0.15) is 42.3 Å². The molecular weight excluding hydrogens is 426 g/mol. The van der Waals surface area contributed by atoms with Crippen LogP contribution < -0.4 is 4.74 Å². The van der Waals surface area contributed by atoms with Crippen LogP contribution in [0.5, 0.6) is 5.75 Å². The van der Waals surface area contributed by atoms with Crippen LogP contribution in [0.15, 0.2) is 83.3 Å². The summed E-state index contributed by atoms with van der Waals surface area (Å²) >= 11 is 3.46. The summed E-state index contributed by atoms with van der Waals surface area (Å²) < 4.78 is 6.85. The molecule has 3 nitrogen and oxygen atoms in total. The van der Waals surface area contributed by atoms with E-state index in [0.29, 0.717) is 18.7 Å². The molecule has 0 spiro atoms. The lowest BCUT2D eigenvalue weighted by molar-refractivity contribution is 0.0558. The molecule has 0 fully saturated rings. The highest BCUT2D eigenvalue weighted by molar-refractivity contribution is 9.10. The first-order valence-corrected chi connectivity index (χ1v) is 10.5. The molecule has 0 saturated carbocycles. The third kappa shape index (κ3) is 5.94. The molecule has 150 valence electrons. The number of hydrogen-bond acceptors (Lipinski definition) is 2. The van der Waals surface area contributed by atoms with Gasteiger partial charge in [-0.1, -0.05) is 64.5 Å². The van der Waals surface area contributed by atoms with E-state index in [1.54, 1.807) is 0 Å². The van der Waals surface area contributed by atoms with Crippen molar-refractivity contribution in [3.8, 4) is 5.75 Å². The van der Waals surface area contributed by atoms with Crippen LogP contribution in [-0.2, 0) is 13.2 Å². The SMILES string of the molecule is CC(C)(C)N(Cc1cccc(OCc2ccccc2)c1)C(=O)c1cccc(Br)c1. The maximum Gasteiger partial charge on any atom is 0.254 e. The van der Waals surface area contributed by atoms with E-state index in [-0.39, 0.29) is 11.4 Å². The van der Waals surface area contributed by atoms with Gasteiger partial charge in [-0.3, -0.25) is 4.79 Å². The first-order chi connectivity index (χ1) is 13.8. The summed E-state index contributed by atoms with van der Waals surface area (Å²) in [5, 5.41) is 0. The lowest BCUT2D eigenvalue weighted by Crippen LogP contribution is -2.45. The Hall–Kier alpha value is -2.59. The number of hydrogen-bond donors (Lipinski definition) is 0. The Balaban J connectivity index is 1.77. The molecule has 4 heteroatoms. The molecule has 0 unspecified atom stereocenters. The summed E-state index contributed by atoms with van der Waals surface area (Å²) in [6.07, 6.45) is 0. The first-order valence-electron chi connectivity index (χ1n) is 9.66. The molecule has 0 radical (unpaired) electrons. The van der Waals surface area contributed by atoms with E-state index in [9.17, 15) is 4.79 Å². The molecule has 0 aliphatic heterocycles. The minimum atomic E-state index is -0.319. The predicted octanol–water partition coefficient (Wildman–Crippen LogP) is 6.47. The van der Waals surface area contributed by atoms with Crippen LogP contribution in [0.25, 0.3) is 0 Å². The fraction of sp³-hybridized carbons (Fsp3) is 0.240. The normalized spacial score (nSPS) is 11.2. The van der Waals surface area contributed by atoms with Gasteiger partial charge in [0, 0.05) is 22.1 Å². The summed E-state index contributed by atoms with van der Waals surface area (Å²) in [6, 6.07) is 25.6. The summed E-state index contributed by atoms with van der Waals surface area (Å²) in [6.45, 7) is 7.19. The van der Waals surface area contributed by atoms with Gasteiger partial charge >= 0.3 is 0 Å². The second kappa shape index (κ2) is 9.27. The monoisotopic (exact) mass is 451 g/mol. The zero-order valence-electron chi connectivity index (χ0n) is 17.1. The van der Waals surface area contributed by atoms with Gasteiger partial charge in [0.1, 0.15) is 12.4 Å². The first kappa shape index (κ1) is 21.1. The van der Waals surface area contributed by atoms with E-state index in [0.717, 1.165) is 21.3 Å². The third-order valence-electron chi connectivity index (χ3n) is 4.61. The topological polar surface area (TPSA) is 29.5 Å². The zero-order chi connectivity index (χ0) is 20.9. The largest absolute Gasteiger partial charge is 0.489 e. The number of carbonyl (C=O) groups excluding carboxylic acids is 1. The molecular formula is C25H26BrNO2. The van der Waals surface area contributed by atoms with Crippen molar-refractivity contribution < 1.29 is 9.53 Å². The van der Waals surface area contributed by atoms with Gasteiger partial charge in [-0.25, -0.2) is 0 Å². The van der Waals surface area contributed by atoms with Gasteiger partial charge in [-0.2, -0.15) is 0 Å². The molecule has 0 saturated heterocycles. The van der Waals surface area contributed by atoms with Crippen molar-refractivity contribution in [2.24, 2.45) is 0 Å². The summed E-state index contributed by atoms with van der Waals surface area (Å²) in [5.41, 5.74) is 2.51. The number of benzene rings is 3. The van der Waals surface area contributed by atoms with Crippen molar-refractivity contribution in [3.63, 3.8) is 0 Å². The maximum atomic E-state index is 13.2. The number of carbonyl (C=O) groups is 1. The Morgan fingerprint density at radius 3 is 2.28 bits per heavy atom. The van der Waals surface area contributed by atoms with Crippen LogP contribution in [0.4, 0.5) is 0 Å². The van der Waals surface area contributed by atoms with Crippen molar-refractivity contribution in [3.05, 3.63) is 100 Å². The number of amides is 1. The van der Waals surface area contributed by atoms with Gasteiger partial charge in [0.25, 0.3) is 5.91 Å². The van der Waals surface area contributed by atoms with Crippen LogP contribution in [0, 0.1) is 0 Å². The van der Waals surface area contributed by atoms with E-state index in [1.807, 2.05) is 83.8 Å². The minimum absolute atomic E-state index is 0.00871. The standard InChI is InChI=1S/C25H26BrNO2/c1-25(2,3)27(24(28)21-12-8-13-22(26)16-21)17-20-11-7-14-23(15-20)29-18-19-9-5-4-6-10-19/h4-16H,17-18H2,1-3H3. The molecule has 3 aromatic carbocycles. The highest BCUT2D eigenvalue weighted by atomic mass is 79.9. The second-order valence-corrected chi connectivity index (χ2v) is 8.91. The molecule has 0 N–H and O–H groups in total. The highest BCUT2D eigenvalue weighted by Crippen LogP contribution is 2.24. The van der Waals surface area contributed by atoms with Crippen LogP contribution in [-0.4, -0.2) is 16.3 Å². The van der Waals surface area contributed by atoms with Crippen molar-refractivity contribution in [1.82, 2.24) is 4.90 Å². The van der Waals surface area contributed by atoms with Crippen molar-refractivity contribution in [1.29, 1.82) is 0 Å². The fourth-order valence-electron chi connectivity index (χ4n) is 3.05. The Labute approximate surface area is 181 Å². The van der Waals surface area contributed by atoms with Gasteiger partial charge in [-0.05, 0) is 62.2 Å². The molecule has 29 heavy (non-hydrogen) atoms. The molecule has 0 bridgehead atoms. The minimum Gasteiger partial charge on any atom is -0.489 e. The van der Waals surface area contributed by atoms with Gasteiger partial charge in [-0.15, -0.1) is 0 Å². The molecule has 0 heterocycles. The highest BCUT2D eigenvalue weighted by Gasteiger charge is 2.27. The van der Waals surface area contributed by atoms with Crippen molar-refractivity contribution in [2.75, 3.05) is 0 Å². The van der Waals surface area contributed by atoms with E-state index in [1.165, 1.54) is 0 Å². The smallest absolute Gasteiger partial charge is 0.254 e. The average molecular weight is 452 g/mol. The number of rotatable bonds is 6. The van der Waals surface area contributed by atoms with Gasteiger partial charge in [0.2, 0.25) is 0 Å². The lowest BCUT2D eigenvalue weighted by atomic mass is 10.0. The Morgan fingerprint density at radius 2 is 1.59 bits per heavy atom. The summed E-state index contributed by atoms with van der Waals surface area (Å²) in [7, 11) is 0.